The van der Waals surface area contributed by atoms with Crippen molar-refractivity contribution in [3.63, 3.8) is 0 Å². The average molecular weight is 166 g/mol. The maximum Gasteiger partial charge on any atom is 0.0936 e. The monoisotopic (exact) mass is 166 g/mol. The van der Waals surface area contributed by atoms with Crippen LogP contribution in [0.3, 0.4) is 0 Å². The van der Waals surface area contributed by atoms with E-state index in [-0.39, 0.29) is 0 Å². The average Bonchev–Trinajstić information content (AvgIpc) is 2.26. The van der Waals surface area contributed by atoms with Crippen LogP contribution in [-0.4, -0.2) is 11.9 Å². The van der Waals surface area contributed by atoms with E-state index >= 15 is 0 Å². The van der Waals surface area contributed by atoms with E-state index in [1.807, 2.05) is 0 Å². The summed E-state index contributed by atoms with van der Waals surface area (Å²) in [5, 5.41) is 10.8. The van der Waals surface area contributed by atoms with Crippen LogP contribution in [0.4, 0.5) is 0 Å². The molecule has 68 valence electrons. The first kappa shape index (κ1) is 9.30. The zero-order valence-electron chi connectivity index (χ0n) is 7.77. The topological polar surface area (TPSA) is 35.9 Å². The van der Waals surface area contributed by atoms with Crippen LogP contribution in [0.2, 0.25) is 0 Å². The molecule has 1 rings (SSSR count). The fraction of sp³-hybridized carbons (Fsp3) is 0.700. The second-order valence-corrected chi connectivity index (χ2v) is 3.31. The van der Waals surface area contributed by atoms with Crippen LogP contribution in [0.15, 0.2) is 12.2 Å². The molecular formula is C10H18N2. The van der Waals surface area contributed by atoms with Crippen molar-refractivity contribution in [2.75, 3.05) is 0 Å². The van der Waals surface area contributed by atoms with Gasteiger partial charge in [0.15, 0.2) is 0 Å². The minimum Gasteiger partial charge on any atom is -0.368 e. The van der Waals surface area contributed by atoms with Gasteiger partial charge in [0, 0.05) is 12.5 Å². The zero-order chi connectivity index (χ0) is 8.81. The van der Waals surface area contributed by atoms with Crippen LogP contribution in [0.1, 0.15) is 39.0 Å². The standard InChI is InChI=1S/C10H18N2/c1-2-3-6-9-7-4-5-8-10(11)12-9/h3,6,9H,2,4-5,7-8H2,1H3,(H2,11,12). The summed E-state index contributed by atoms with van der Waals surface area (Å²) in [4.78, 5) is 0. The zero-order valence-corrected chi connectivity index (χ0v) is 7.77. The van der Waals surface area contributed by atoms with E-state index in [2.05, 4.69) is 24.4 Å². The molecule has 0 radical (unpaired) electrons. The van der Waals surface area contributed by atoms with Gasteiger partial charge in [-0.3, -0.25) is 5.41 Å². The van der Waals surface area contributed by atoms with Crippen molar-refractivity contribution in [3.8, 4) is 0 Å². The fourth-order valence-corrected chi connectivity index (χ4v) is 1.48. The summed E-state index contributed by atoms with van der Waals surface area (Å²) in [6, 6.07) is 0.417. The molecule has 0 aromatic rings. The Bertz CT molecular complexity index is 173. The molecule has 0 spiro atoms. The van der Waals surface area contributed by atoms with Crippen molar-refractivity contribution in [2.24, 2.45) is 0 Å². The lowest BCUT2D eigenvalue weighted by atomic mass is 10.1. The molecule has 2 N–H and O–H groups in total. The normalized spacial score (nSPS) is 25.4. The Hall–Kier alpha value is -0.790. The second-order valence-electron chi connectivity index (χ2n) is 3.31. The summed E-state index contributed by atoms with van der Waals surface area (Å²) in [7, 11) is 0. The van der Waals surface area contributed by atoms with Gasteiger partial charge in [0.05, 0.1) is 5.84 Å². The van der Waals surface area contributed by atoms with Gasteiger partial charge in [0.2, 0.25) is 0 Å². The Morgan fingerprint density at radius 2 is 2.42 bits per heavy atom. The Labute approximate surface area is 74.6 Å². The highest BCUT2D eigenvalue weighted by Gasteiger charge is 2.10. The number of nitrogens with one attached hydrogen (secondary N) is 2. The predicted octanol–water partition coefficient (Wildman–Crippen LogP) is 2.46. The second kappa shape index (κ2) is 4.96. The molecule has 0 saturated carbocycles. The van der Waals surface area contributed by atoms with Crippen LogP contribution in [-0.2, 0) is 0 Å². The molecule has 0 aromatic carbocycles. The predicted molar refractivity (Wildman–Crippen MR) is 52.5 cm³/mol. The molecular weight excluding hydrogens is 148 g/mol. The molecule has 1 atom stereocenters. The molecule has 1 heterocycles. The van der Waals surface area contributed by atoms with Crippen LogP contribution >= 0.6 is 0 Å². The van der Waals surface area contributed by atoms with Gasteiger partial charge in [-0.25, -0.2) is 0 Å². The van der Waals surface area contributed by atoms with E-state index in [0.717, 1.165) is 12.8 Å². The van der Waals surface area contributed by atoms with Crippen molar-refractivity contribution in [1.29, 1.82) is 5.41 Å². The van der Waals surface area contributed by atoms with Crippen LogP contribution in [0.25, 0.3) is 0 Å². The van der Waals surface area contributed by atoms with E-state index in [9.17, 15) is 0 Å². The minimum atomic E-state index is 0.417. The molecule has 12 heavy (non-hydrogen) atoms. The minimum absolute atomic E-state index is 0.417. The van der Waals surface area contributed by atoms with Crippen LogP contribution in [0, 0.1) is 5.41 Å². The van der Waals surface area contributed by atoms with Gasteiger partial charge in [-0.15, -0.1) is 0 Å². The lowest BCUT2D eigenvalue weighted by Gasteiger charge is -2.11. The first-order chi connectivity index (χ1) is 5.83. The summed E-state index contributed by atoms with van der Waals surface area (Å²) >= 11 is 0. The summed E-state index contributed by atoms with van der Waals surface area (Å²) in [6.07, 6.45) is 9.98. The van der Waals surface area contributed by atoms with Gasteiger partial charge in [-0.1, -0.05) is 25.5 Å². The van der Waals surface area contributed by atoms with Gasteiger partial charge in [0.1, 0.15) is 0 Å². The number of rotatable bonds is 2. The highest BCUT2D eigenvalue weighted by atomic mass is 15.0. The van der Waals surface area contributed by atoms with Gasteiger partial charge in [0.25, 0.3) is 0 Å². The number of hydrogen-bond acceptors (Lipinski definition) is 1. The molecule has 1 aliphatic heterocycles. The molecule has 1 fully saturated rings. The van der Waals surface area contributed by atoms with Gasteiger partial charge in [-0.05, 0) is 19.3 Å². The third kappa shape index (κ3) is 3.07. The Morgan fingerprint density at radius 1 is 1.58 bits per heavy atom. The molecule has 0 amide bonds. The molecule has 1 unspecified atom stereocenters. The third-order valence-corrected chi connectivity index (χ3v) is 2.16. The smallest absolute Gasteiger partial charge is 0.0936 e. The van der Waals surface area contributed by atoms with E-state index in [1.54, 1.807) is 0 Å². The highest BCUT2D eigenvalue weighted by molar-refractivity contribution is 5.79. The van der Waals surface area contributed by atoms with Crippen molar-refractivity contribution in [3.05, 3.63) is 12.2 Å². The van der Waals surface area contributed by atoms with Crippen molar-refractivity contribution >= 4 is 5.84 Å². The molecule has 2 nitrogen and oxygen atoms in total. The molecule has 0 aliphatic carbocycles. The number of amidine groups is 1. The molecule has 1 aliphatic rings. The summed E-state index contributed by atoms with van der Waals surface area (Å²) < 4.78 is 0. The third-order valence-electron chi connectivity index (χ3n) is 2.16. The maximum atomic E-state index is 7.55. The van der Waals surface area contributed by atoms with Crippen molar-refractivity contribution in [2.45, 2.75) is 45.1 Å². The van der Waals surface area contributed by atoms with E-state index < -0.39 is 0 Å². The number of allylic oxidation sites excluding steroid dienone is 1. The number of hydrogen-bond donors (Lipinski definition) is 2. The summed E-state index contributed by atoms with van der Waals surface area (Å²) in [5.41, 5.74) is 0. The Kier molecular flexibility index (Phi) is 3.85. The van der Waals surface area contributed by atoms with Gasteiger partial charge >= 0.3 is 0 Å². The quantitative estimate of drug-likeness (QED) is 0.607. The molecule has 0 bridgehead atoms. The summed E-state index contributed by atoms with van der Waals surface area (Å²) in [5.74, 6) is 0.707. The fourth-order valence-electron chi connectivity index (χ4n) is 1.48. The van der Waals surface area contributed by atoms with Gasteiger partial charge < -0.3 is 5.32 Å². The highest BCUT2D eigenvalue weighted by Crippen LogP contribution is 2.10. The van der Waals surface area contributed by atoms with Crippen LogP contribution < -0.4 is 5.32 Å². The Morgan fingerprint density at radius 3 is 3.17 bits per heavy atom. The maximum absolute atomic E-state index is 7.55. The van der Waals surface area contributed by atoms with E-state index in [4.69, 9.17) is 5.41 Å². The lowest BCUT2D eigenvalue weighted by Crippen LogP contribution is -2.30. The van der Waals surface area contributed by atoms with Crippen LogP contribution in [0.5, 0.6) is 0 Å². The Balaban J connectivity index is 2.41. The largest absolute Gasteiger partial charge is 0.368 e. The molecule has 2 heteroatoms. The van der Waals surface area contributed by atoms with E-state index in [0.29, 0.717) is 11.9 Å². The SMILES string of the molecule is CCC=CC1CCCCC(=N)N1. The van der Waals surface area contributed by atoms with Gasteiger partial charge in [-0.2, -0.15) is 0 Å². The summed E-state index contributed by atoms with van der Waals surface area (Å²) in [6.45, 7) is 2.14. The lowest BCUT2D eigenvalue weighted by molar-refractivity contribution is 0.637. The molecule has 0 aromatic heterocycles. The first-order valence-corrected chi connectivity index (χ1v) is 4.83. The first-order valence-electron chi connectivity index (χ1n) is 4.83. The molecule has 1 saturated heterocycles. The van der Waals surface area contributed by atoms with E-state index in [1.165, 1.54) is 19.3 Å². The van der Waals surface area contributed by atoms with Crippen molar-refractivity contribution in [1.82, 2.24) is 5.32 Å². The van der Waals surface area contributed by atoms with Crippen molar-refractivity contribution < 1.29 is 0 Å².